The van der Waals surface area contributed by atoms with E-state index in [2.05, 4.69) is 304 Å². The molecule has 0 amide bonds. The summed E-state index contributed by atoms with van der Waals surface area (Å²) in [5.41, 5.74) is 24.6. The van der Waals surface area contributed by atoms with Crippen molar-refractivity contribution in [3.8, 4) is 44.8 Å². The number of nitrogens with zero attached hydrogens (tertiary/aromatic N) is 4. The van der Waals surface area contributed by atoms with Crippen LogP contribution in [0.5, 0.6) is 0 Å². The molecular weight excluding hydrogens is 932 g/mol. The molecule has 5 heteroatoms. The van der Waals surface area contributed by atoms with E-state index in [1.165, 1.54) is 88.0 Å². The minimum Gasteiger partial charge on any atom is -0.311 e. The van der Waals surface area contributed by atoms with Gasteiger partial charge in [-0.25, -0.2) is 0 Å². The van der Waals surface area contributed by atoms with E-state index in [0.29, 0.717) is 0 Å². The molecule has 14 aromatic rings. The third kappa shape index (κ3) is 6.67. The van der Waals surface area contributed by atoms with Crippen LogP contribution in [0.2, 0.25) is 0 Å². The molecule has 2 aliphatic rings. The number of anilines is 6. The van der Waals surface area contributed by atoms with E-state index in [1.54, 1.807) is 0 Å². The van der Waals surface area contributed by atoms with Crippen LogP contribution in [-0.4, -0.2) is 15.8 Å². The summed E-state index contributed by atoms with van der Waals surface area (Å²) in [5.74, 6) is 0. The largest absolute Gasteiger partial charge is 0.311 e. The average molecular weight is 979 g/mol. The quantitative estimate of drug-likeness (QED) is 0.148. The Balaban J connectivity index is 1.08. The predicted molar refractivity (Wildman–Crippen MR) is 325 cm³/mol. The van der Waals surface area contributed by atoms with Gasteiger partial charge in [0.25, 0.3) is 6.71 Å². The summed E-state index contributed by atoms with van der Waals surface area (Å²) in [4.78, 5) is 5.20. The van der Waals surface area contributed by atoms with Crippen molar-refractivity contribution in [2.45, 2.75) is 0 Å². The predicted octanol–water partition coefficient (Wildman–Crippen LogP) is 17.0. The molecular formula is C72H47BN4. The van der Waals surface area contributed by atoms with Gasteiger partial charge in [-0.3, -0.25) is 0 Å². The van der Waals surface area contributed by atoms with E-state index in [1.807, 2.05) is 0 Å². The molecule has 0 saturated carbocycles. The molecule has 2 aromatic heterocycles. The van der Waals surface area contributed by atoms with Crippen molar-refractivity contribution in [2.75, 3.05) is 9.80 Å². The zero-order chi connectivity index (χ0) is 50.6. The van der Waals surface area contributed by atoms with Crippen molar-refractivity contribution < 1.29 is 0 Å². The van der Waals surface area contributed by atoms with E-state index in [4.69, 9.17) is 0 Å². The Kier molecular flexibility index (Phi) is 9.70. The molecule has 0 atom stereocenters. The van der Waals surface area contributed by atoms with Crippen LogP contribution in [0.1, 0.15) is 0 Å². The zero-order valence-corrected chi connectivity index (χ0v) is 42.0. The molecule has 0 spiro atoms. The van der Waals surface area contributed by atoms with Gasteiger partial charge in [0.1, 0.15) is 0 Å². The van der Waals surface area contributed by atoms with Gasteiger partial charge < -0.3 is 18.9 Å². The summed E-state index contributed by atoms with van der Waals surface area (Å²) in [7, 11) is 0. The summed E-state index contributed by atoms with van der Waals surface area (Å²) in [6.45, 7) is -0.132. The van der Waals surface area contributed by atoms with Crippen LogP contribution in [-0.2, 0) is 0 Å². The SMILES string of the molecule is c1ccc(-c2cccc(N3c4cc(-c5ccccc5)ccc4B4c5ccc6c(c5N(c5cccc(-c7ccccc7)c5)c5cc(-n7c8ccccc8c8ccccc87)cc3c54)c3ccccc3n6-c3ccccc3)c2)cc1. The van der Waals surface area contributed by atoms with E-state index in [0.717, 1.165) is 50.9 Å². The number of aromatic nitrogens is 2. The van der Waals surface area contributed by atoms with Gasteiger partial charge in [-0.05, 0) is 129 Å². The first kappa shape index (κ1) is 43.3. The average Bonchev–Trinajstić information content (AvgIpc) is 4.25. The summed E-state index contributed by atoms with van der Waals surface area (Å²) < 4.78 is 4.96. The van der Waals surface area contributed by atoms with Gasteiger partial charge in [0.2, 0.25) is 0 Å². The van der Waals surface area contributed by atoms with E-state index < -0.39 is 0 Å². The number of para-hydroxylation sites is 4. The minimum atomic E-state index is -0.132. The Morgan fingerprint density at radius 1 is 0.247 bits per heavy atom. The first-order valence-corrected chi connectivity index (χ1v) is 26.6. The lowest BCUT2D eigenvalue weighted by atomic mass is 9.33. The van der Waals surface area contributed by atoms with Crippen molar-refractivity contribution in [3.63, 3.8) is 0 Å². The smallest absolute Gasteiger partial charge is 0.252 e. The molecule has 4 nitrogen and oxygen atoms in total. The number of benzene rings is 12. The molecule has 12 aromatic carbocycles. The van der Waals surface area contributed by atoms with Gasteiger partial charge in [0.05, 0.1) is 33.4 Å². The number of rotatable bonds is 7. The maximum atomic E-state index is 2.63. The first-order valence-electron chi connectivity index (χ1n) is 26.6. The standard InChI is InChI=1S/C72H47BN4/c1-5-21-48(22-6-1)51-27-19-31-55(43-51)75-67-45-53(50-25-9-3-10-26-50)39-40-61(67)73-62-41-42-66-70(60-35-15-18-38-65(60)74(66)54-29-11-4-12-30-54)72(62)77(56-32-20-28-52(44-56)49-23-7-2-8-24-49)69-47-57(46-68(75)71(69)73)76-63-36-16-13-33-58(63)59-34-14-17-37-64(59)76/h1-47H. The van der Waals surface area contributed by atoms with Crippen LogP contribution in [0.25, 0.3) is 88.4 Å². The van der Waals surface area contributed by atoms with Crippen LogP contribution in [0.4, 0.5) is 34.1 Å². The summed E-state index contributed by atoms with van der Waals surface area (Å²) in [6.07, 6.45) is 0. The maximum Gasteiger partial charge on any atom is 0.252 e. The molecule has 0 fully saturated rings. The van der Waals surface area contributed by atoms with Crippen LogP contribution in [0, 0.1) is 0 Å². The van der Waals surface area contributed by atoms with Crippen LogP contribution < -0.4 is 26.2 Å². The highest BCUT2D eigenvalue weighted by atomic mass is 15.2. The van der Waals surface area contributed by atoms with E-state index in [-0.39, 0.29) is 6.71 Å². The molecule has 16 rings (SSSR count). The Hall–Kier alpha value is -10.1. The highest BCUT2D eigenvalue weighted by Gasteiger charge is 2.45. The van der Waals surface area contributed by atoms with Crippen molar-refractivity contribution in [2.24, 2.45) is 0 Å². The fraction of sp³-hybridized carbons (Fsp3) is 0. The van der Waals surface area contributed by atoms with Crippen LogP contribution >= 0.6 is 0 Å². The Morgan fingerprint density at radius 2 is 0.675 bits per heavy atom. The fourth-order valence-electron chi connectivity index (χ4n) is 13.0. The van der Waals surface area contributed by atoms with Gasteiger partial charge in [-0.2, -0.15) is 0 Å². The van der Waals surface area contributed by atoms with Gasteiger partial charge in [-0.1, -0.05) is 206 Å². The lowest BCUT2D eigenvalue weighted by molar-refractivity contribution is 1.16. The monoisotopic (exact) mass is 978 g/mol. The van der Waals surface area contributed by atoms with Gasteiger partial charge in [0, 0.05) is 55.7 Å². The lowest BCUT2D eigenvalue weighted by Gasteiger charge is -2.45. The second kappa shape index (κ2) is 17.2. The second-order valence-electron chi connectivity index (χ2n) is 20.4. The molecule has 0 N–H and O–H groups in total. The maximum absolute atomic E-state index is 2.63. The van der Waals surface area contributed by atoms with Crippen LogP contribution in [0.15, 0.2) is 285 Å². The second-order valence-corrected chi connectivity index (χ2v) is 20.4. The van der Waals surface area contributed by atoms with E-state index in [9.17, 15) is 0 Å². The van der Waals surface area contributed by atoms with Crippen molar-refractivity contribution in [3.05, 3.63) is 285 Å². The van der Waals surface area contributed by atoms with Gasteiger partial charge in [-0.15, -0.1) is 0 Å². The first-order chi connectivity index (χ1) is 38.2. The van der Waals surface area contributed by atoms with Gasteiger partial charge >= 0.3 is 0 Å². The fourth-order valence-corrected chi connectivity index (χ4v) is 13.0. The highest BCUT2D eigenvalue weighted by Crippen LogP contribution is 2.50. The molecule has 0 radical (unpaired) electrons. The molecule has 0 bridgehead atoms. The molecule has 0 saturated heterocycles. The van der Waals surface area contributed by atoms with Crippen LogP contribution in [0.3, 0.4) is 0 Å². The number of hydrogen-bond donors (Lipinski definition) is 0. The third-order valence-corrected chi connectivity index (χ3v) is 16.2. The number of hydrogen-bond acceptors (Lipinski definition) is 2. The molecule has 4 heterocycles. The Labute approximate surface area is 447 Å². The molecule has 77 heavy (non-hydrogen) atoms. The molecule has 0 aliphatic carbocycles. The minimum absolute atomic E-state index is 0.132. The summed E-state index contributed by atoms with van der Waals surface area (Å²) in [5, 5.41) is 4.89. The highest BCUT2D eigenvalue weighted by molar-refractivity contribution is 7.00. The Bertz CT molecular complexity index is 4580. The topological polar surface area (TPSA) is 16.3 Å². The molecule has 358 valence electrons. The normalized spacial score (nSPS) is 12.6. The van der Waals surface area contributed by atoms with Gasteiger partial charge in [0.15, 0.2) is 0 Å². The summed E-state index contributed by atoms with van der Waals surface area (Å²) in [6, 6.07) is 105. The molecule has 0 unspecified atom stereocenters. The van der Waals surface area contributed by atoms with Crippen molar-refractivity contribution >= 4 is 101 Å². The van der Waals surface area contributed by atoms with Crippen molar-refractivity contribution in [1.82, 2.24) is 9.13 Å². The number of fused-ring (bicyclic) bond motifs is 11. The third-order valence-electron chi connectivity index (χ3n) is 16.2. The summed E-state index contributed by atoms with van der Waals surface area (Å²) >= 11 is 0. The Morgan fingerprint density at radius 3 is 1.26 bits per heavy atom. The van der Waals surface area contributed by atoms with Crippen molar-refractivity contribution in [1.29, 1.82) is 0 Å². The molecule has 2 aliphatic heterocycles. The van der Waals surface area contributed by atoms with E-state index >= 15 is 0 Å². The lowest BCUT2D eigenvalue weighted by Crippen LogP contribution is -2.61. The zero-order valence-electron chi connectivity index (χ0n) is 42.0.